The molecule has 0 heterocycles. The third-order valence-corrected chi connectivity index (χ3v) is 12.1. The highest BCUT2D eigenvalue weighted by Crippen LogP contribution is 2.54. The van der Waals surface area contributed by atoms with Gasteiger partial charge in [-0.1, -0.05) is 136 Å². The van der Waals surface area contributed by atoms with Crippen molar-refractivity contribution in [1.82, 2.24) is 0 Å². The van der Waals surface area contributed by atoms with E-state index in [2.05, 4.69) is 152 Å². The molecule has 1 heteroatoms. The summed E-state index contributed by atoms with van der Waals surface area (Å²) in [6.07, 6.45) is 10.8. The van der Waals surface area contributed by atoms with Gasteiger partial charge < -0.3 is 4.90 Å². The Morgan fingerprint density at radius 2 is 1.16 bits per heavy atom. The van der Waals surface area contributed by atoms with Crippen molar-refractivity contribution in [2.24, 2.45) is 0 Å². The van der Waals surface area contributed by atoms with E-state index >= 15 is 0 Å². The van der Waals surface area contributed by atoms with Gasteiger partial charge >= 0.3 is 0 Å². The molecular formula is C49H47N. The fourth-order valence-corrected chi connectivity index (χ4v) is 9.13. The largest absolute Gasteiger partial charge is 0.310 e. The number of aryl methyl sites for hydroxylation is 4. The summed E-state index contributed by atoms with van der Waals surface area (Å²) in [6, 6.07) is 51.6. The zero-order valence-electron chi connectivity index (χ0n) is 29.6. The van der Waals surface area contributed by atoms with Crippen LogP contribution in [0.25, 0.3) is 22.3 Å². The Labute approximate surface area is 298 Å². The van der Waals surface area contributed by atoms with E-state index in [9.17, 15) is 0 Å². The van der Waals surface area contributed by atoms with Gasteiger partial charge in [-0.2, -0.15) is 0 Å². The lowest BCUT2D eigenvalue weighted by molar-refractivity contribution is 0.443. The van der Waals surface area contributed by atoms with Gasteiger partial charge in [-0.15, -0.1) is 0 Å². The van der Waals surface area contributed by atoms with E-state index in [1.165, 1.54) is 110 Å². The minimum absolute atomic E-state index is 0.0974. The Kier molecular flexibility index (Phi) is 7.96. The van der Waals surface area contributed by atoms with E-state index in [1.54, 1.807) is 0 Å². The number of fused-ring (bicyclic) bond motifs is 3. The van der Waals surface area contributed by atoms with E-state index in [0.29, 0.717) is 5.92 Å². The molecule has 0 aromatic heterocycles. The fourth-order valence-electron chi connectivity index (χ4n) is 9.13. The van der Waals surface area contributed by atoms with E-state index in [-0.39, 0.29) is 5.41 Å². The zero-order valence-corrected chi connectivity index (χ0v) is 29.6. The lowest BCUT2D eigenvalue weighted by atomic mass is 9.81. The molecule has 0 atom stereocenters. The van der Waals surface area contributed by atoms with Gasteiger partial charge in [-0.25, -0.2) is 0 Å². The average molecular weight is 650 g/mol. The Morgan fingerprint density at radius 1 is 0.500 bits per heavy atom. The maximum atomic E-state index is 2.62. The first-order chi connectivity index (χ1) is 24.5. The molecule has 6 aromatic carbocycles. The summed E-state index contributed by atoms with van der Waals surface area (Å²) >= 11 is 0. The molecule has 0 saturated heterocycles. The van der Waals surface area contributed by atoms with E-state index in [1.807, 2.05) is 0 Å². The molecular weight excluding hydrogens is 603 g/mol. The lowest BCUT2D eigenvalue weighted by Crippen LogP contribution is -2.18. The second-order valence-corrected chi connectivity index (χ2v) is 15.5. The molecule has 50 heavy (non-hydrogen) atoms. The number of hydrogen-bond donors (Lipinski definition) is 0. The third-order valence-electron chi connectivity index (χ3n) is 12.1. The van der Waals surface area contributed by atoms with Crippen LogP contribution < -0.4 is 4.90 Å². The number of rotatable bonds is 5. The summed E-state index contributed by atoms with van der Waals surface area (Å²) in [5.41, 5.74) is 18.9. The number of nitrogens with zero attached hydrogens (tertiary/aromatic N) is 1. The zero-order chi connectivity index (χ0) is 33.7. The van der Waals surface area contributed by atoms with Crippen molar-refractivity contribution in [1.29, 1.82) is 0 Å². The number of anilines is 3. The van der Waals surface area contributed by atoms with Gasteiger partial charge in [0.2, 0.25) is 0 Å². The molecule has 6 aliphatic carbocycles. The van der Waals surface area contributed by atoms with Gasteiger partial charge in [-0.05, 0) is 130 Å². The van der Waals surface area contributed by atoms with Gasteiger partial charge in [0.15, 0.2) is 0 Å². The van der Waals surface area contributed by atoms with E-state index in [0.717, 1.165) is 25.7 Å². The standard InChI is InChI=1S/C49H47N/c1-49(2)45-16-10-9-15-42(45)44-32-43(39-13-7-4-8-14-39)48(33-46(44)49)50(41-29-27-38(28-30-41)37-11-5-3-6-12-37)47-31-36-22-21-34-17-19-35(20-18-34)23-25-40(47)26-24-36/h4,7-10,13-20,24,26-33,37H,3,5-6,11-12,21-23,25H2,1-2H3. The third kappa shape index (κ3) is 5.58. The van der Waals surface area contributed by atoms with E-state index < -0.39 is 0 Å². The first-order valence-electron chi connectivity index (χ1n) is 19.0. The molecule has 4 bridgehead atoms. The van der Waals surface area contributed by atoms with Crippen LogP contribution >= 0.6 is 0 Å². The van der Waals surface area contributed by atoms with Crippen molar-refractivity contribution in [3.63, 3.8) is 0 Å². The first kappa shape index (κ1) is 31.1. The molecule has 0 amide bonds. The lowest BCUT2D eigenvalue weighted by Gasteiger charge is -2.33. The van der Waals surface area contributed by atoms with Crippen LogP contribution in [0.15, 0.2) is 133 Å². The molecule has 0 N–H and O–H groups in total. The summed E-state index contributed by atoms with van der Waals surface area (Å²) in [7, 11) is 0. The number of hydrogen-bond acceptors (Lipinski definition) is 1. The monoisotopic (exact) mass is 649 g/mol. The molecule has 0 radical (unpaired) electrons. The van der Waals surface area contributed by atoms with Crippen LogP contribution in [0.3, 0.4) is 0 Å². The van der Waals surface area contributed by atoms with Crippen molar-refractivity contribution in [3.05, 3.63) is 172 Å². The molecule has 248 valence electrons. The van der Waals surface area contributed by atoms with Crippen LogP contribution in [0, 0.1) is 0 Å². The summed E-state index contributed by atoms with van der Waals surface area (Å²) < 4.78 is 0. The van der Waals surface area contributed by atoms with Crippen LogP contribution in [-0.2, 0) is 31.1 Å². The van der Waals surface area contributed by atoms with Crippen molar-refractivity contribution < 1.29 is 0 Å². The summed E-state index contributed by atoms with van der Waals surface area (Å²) in [4.78, 5) is 2.62. The summed E-state index contributed by atoms with van der Waals surface area (Å²) in [5, 5.41) is 0. The molecule has 0 spiro atoms. The highest BCUT2D eigenvalue weighted by atomic mass is 15.1. The van der Waals surface area contributed by atoms with Crippen LogP contribution in [0.1, 0.15) is 90.8 Å². The van der Waals surface area contributed by atoms with Crippen molar-refractivity contribution >= 4 is 17.1 Å². The van der Waals surface area contributed by atoms with Gasteiger partial charge in [0, 0.05) is 22.4 Å². The Bertz CT molecular complexity index is 2150. The van der Waals surface area contributed by atoms with Crippen molar-refractivity contribution in [2.75, 3.05) is 4.90 Å². The Hall–Kier alpha value is -4.88. The van der Waals surface area contributed by atoms with Gasteiger partial charge in [0.25, 0.3) is 0 Å². The second kappa shape index (κ2) is 12.8. The van der Waals surface area contributed by atoms with Crippen LogP contribution in [-0.4, -0.2) is 0 Å². The second-order valence-electron chi connectivity index (χ2n) is 15.5. The fraction of sp³-hybridized carbons (Fsp3) is 0.265. The minimum atomic E-state index is -0.0974. The molecule has 0 unspecified atom stereocenters. The Morgan fingerprint density at radius 3 is 1.92 bits per heavy atom. The highest BCUT2D eigenvalue weighted by molar-refractivity contribution is 5.95. The maximum Gasteiger partial charge on any atom is 0.0543 e. The van der Waals surface area contributed by atoms with Gasteiger partial charge in [-0.3, -0.25) is 0 Å². The van der Waals surface area contributed by atoms with Crippen LogP contribution in [0.2, 0.25) is 0 Å². The van der Waals surface area contributed by atoms with Crippen molar-refractivity contribution in [2.45, 2.75) is 83.0 Å². The summed E-state index contributed by atoms with van der Waals surface area (Å²) in [6.45, 7) is 4.81. The molecule has 6 aromatic rings. The van der Waals surface area contributed by atoms with E-state index in [4.69, 9.17) is 0 Å². The molecule has 1 fully saturated rings. The Balaban J connectivity index is 1.28. The van der Waals surface area contributed by atoms with Crippen LogP contribution in [0.4, 0.5) is 17.1 Å². The SMILES string of the molecule is CC1(C)c2ccccc2-c2cc(-c3ccccc3)c(N(c3ccc(C4CCCCC4)cc3)c3cc4ccc3CCc3ccc(cc3)CC4)cc21. The normalized spacial score (nSPS) is 16.4. The summed E-state index contributed by atoms with van der Waals surface area (Å²) in [5.74, 6) is 0.681. The topological polar surface area (TPSA) is 3.24 Å². The van der Waals surface area contributed by atoms with Crippen molar-refractivity contribution in [3.8, 4) is 22.3 Å². The minimum Gasteiger partial charge on any atom is -0.310 e. The molecule has 6 aliphatic rings. The molecule has 0 aliphatic heterocycles. The molecule has 12 rings (SSSR count). The smallest absolute Gasteiger partial charge is 0.0543 e. The number of benzene rings is 6. The first-order valence-corrected chi connectivity index (χ1v) is 19.0. The predicted octanol–water partition coefficient (Wildman–Crippen LogP) is 13.1. The predicted molar refractivity (Wildman–Crippen MR) is 211 cm³/mol. The molecule has 1 saturated carbocycles. The molecule has 1 nitrogen and oxygen atoms in total. The van der Waals surface area contributed by atoms with Gasteiger partial charge in [0.1, 0.15) is 0 Å². The average Bonchev–Trinajstić information content (AvgIpc) is 3.39. The highest BCUT2D eigenvalue weighted by Gasteiger charge is 2.37. The van der Waals surface area contributed by atoms with Gasteiger partial charge in [0.05, 0.1) is 5.69 Å². The quantitative estimate of drug-likeness (QED) is 0.180. The van der Waals surface area contributed by atoms with Crippen LogP contribution in [0.5, 0.6) is 0 Å². The maximum absolute atomic E-state index is 2.62.